The first-order valence-corrected chi connectivity index (χ1v) is 9.24. The average Bonchev–Trinajstić information content (AvgIpc) is 3.38. The zero-order valence-electron chi connectivity index (χ0n) is 15.2. The van der Waals surface area contributed by atoms with Crippen molar-refractivity contribution < 1.29 is 4.79 Å². The number of hydrogen-bond acceptors (Lipinski definition) is 4. The van der Waals surface area contributed by atoms with Gasteiger partial charge in [-0.2, -0.15) is 5.26 Å². The molecule has 1 saturated carbocycles. The zero-order valence-corrected chi connectivity index (χ0v) is 15.2. The number of H-pyrrole nitrogens is 1. The van der Waals surface area contributed by atoms with E-state index in [1.807, 2.05) is 0 Å². The van der Waals surface area contributed by atoms with Gasteiger partial charge in [-0.1, -0.05) is 25.0 Å². The van der Waals surface area contributed by atoms with Gasteiger partial charge >= 0.3 is 0 Å². The van der Waals surface area contributed by atoms with Crippen LogP contribution in [0.25, 0.3) is 16.9 Å². The molecular weight excluding hydrogens is 354 g/mol. The number of aromatic amines is 1. The molecule has 0 unspecified atom stereocenters. The van der Waals surface area contributed by atoms with Crippen molar-refractivity contribution in [2.45, 2.75) is 31.7 Å². The van der Waals surface area contributed by atoms with Crippen molar-refractivity contribution in [2.75, 3.05) is 0 Å². The van der Waals surface area contributed by atoms with Gasteiger partial charge in [0.1, 0.15) is 0 Å². The smallest absolute Gasteiger partial charge is 0.280 e. The Bertz CT molecular complexity index is 1080. The molecule has 4 rings (SSSR count). The summed E-state index contributed by atoms with van der Waals surface area (Å²) in [6.07, 6.45) is 7.43. The molecule has 1 aliphatic rings. The predicted molar refractivity (Wildman–Crippen MR) is 104 cm³/mol. The van der Waals surface area contributed by atoms with Crippen LogP contribution in [-0.2, 0) is 0 Å². The second kappa shape index (κ2) is 7.53. The normalized spacial score (nSPS) is 14.0. The standard InChI is InChI=1S/C21H19N5O2/c22-11-14-5-7-15(8-6-14)18-13-24-26(21(18)28)19-10-9-16(12-23-19)20(27)25-17-3-1-2-4-17/h5-10,12-13,17,24H,1-4H2,(H,25,27). The van der Waals surface area contributed by atoms with Crippen LogP contribution in [0.4, 0.5) is 0 Å². The summed E-state index contributed by atoms with van der Waals surface area (Å²) < 4.78 is 1.33. The monoisotopic (exact) mass is 373 g/mol. The lowest BCUT2D eigenvalue weighted by Crippen LogP contribution is -2.32. The molecule has 7 nitrogen and oxygen atoms in total. The maximum Gasteiger partial charge on any atom is 0.280 e. The van der Waals surface area contributed by atoms with Gasteiger partial charge in [0.05, 0.1) is 22.8 Å². The van der Waals surface area contributed by atoms with E-state index < -0.39 is 0 Å². The Balaban J connectivity index is 1.54. The van der Waals surface area contributed by atoms with Crippen molar-refractivity contribution in [3.8, 4) is 23.0 Å². The second-order valence-electron chi connectivity index (χ2n) is 6.88. The molecule has 7 heteroatoms. The minimum Gasteiger partial charge on any atom is -0.349 e. The number of rotatable bonds is 4. The average molecular weight is 373 g/mol. The summed E-state index contributed by atoms with van der Waals surface area (Å²) in [5, 5.41) is 14.8. The molecule has 0 radical (unpaired) electrons. The zero-order chi connectivity index (χ0) is 19.5. The third-order valence-electron chi connectivity index (χ3n) is 5.03. The van der Waals surface area contributed by atoms with Crippen LogP contribution in [0.2, 0.25) is 0 Å². The van der Waals surface area contributed by atoms with Gasteiger partial charge in [-0.15, -0.1) is 0 Å². The third kappa shape index (κ3) is 3.45. The van der Waals surface area contributed by atoms with Crippen LogP contribution in [0.3, 0.4) is 0 Å². The van der Waals surface area contributed by atoms with Gasteiger partial charge in [-0.05, 0) is 42.7 Å². The van der Waals surface area contributed by atoms with E-state index in [9.17, 15) is 9.59 Å². The Hall–Kier alpha value is -3.66. The Morgan fingerprint density at radius 1 is 1.18 bits per heavy atom. The topological polar surface area (TPSA) is 104 Å². The van der Waals surface area contributed by atoms with E-state index in [2.05, 4.69) is 21.5 Å². The lowest BCUT2D eigenvalue weighted by atomic mass is 10.1. The molecule has 1 aliphatic carbocycles. The molecule has 140 valence electrons. The minimum atomic E-state index is -0.250. The highest BCUT2D eigenvalue weighted by atomic mass is 16.2. The predicted octanol–water partition coefficient (Wildman–Crippen LogP) is 2.77. The van der Waals surface area contributed by atoms with E-state index in [-0.39, 0.29) is 17.5 Å². The molecule has 0 saturated heterocycles. The van der Waals surface area contributed by atoms with Crippen LogP contribution in [0.1, 0.15) is 41.6 Å². The van der Waals surface area contributed by atoms with Gasteiger partial charge in [0.15, 0.2) is 5.82 Å². The van der Waals surface area contributed by atoms with E-state index >= 15 is 0 Å². The highest BCUT2D eigenvalue weighted by Crippen LogP contribution is 2.18. The number of aromatic nitrogens is 3. The molecule has 2 aromatic heterocycles. The number of carbonyl (C=O) groups is 1. The van der Waals surface area contributed by atoms with E-state index in [1.54, 1.807) is 42.6 Å². The van der Waals surface area contributed by atoms with Crippen LogP contribution in [-0.4, -0.2) is 26.7 Å². The molecule has 2 N–H and O–H groups in total. The molecule has 28 heavy (non-hydrogen) atoms. The maximum absolute atomic E-state index is 12.7. The summed E-state index contributed by atoms with van der Waals surface area (Å²) in [5.41, 5.74) is 1.96. The highest BCUT2D eigenvalue weighted by molar-refractivity contribution is 5.94. The van der Waals surface area contributed by atoms with Crippen molar-refractivity contribution in [1.82, 2.24) is 20.1 Å². The van der Waals surface area contributed by atoms with Gasteiger partial charge in [0.2, 0.25) is 0 Å². The van der Waals surface area contributed by atoms with Crippen LogP contribution in [0.5, 0.6) is 0 Å². The number of hydrogen-bond donors (Lipinski definition) is 2. The van der Waals surface area contributed by atoms with Crippen LogP contribution < -0.4 is 10.9 Å². The number of pyridine rings is 1. The summed E-state index contributed by atoms with van der Waals surface area (Å²) in [7, 11) is 0. The Labute approximate surface area is 161 Å². The first-order chi connectivity index (χ1) is 13.7. The Kier molecular flexibility index (Phi) is 4.77. The van der Waals surface area contributed by atoms with Crippen molar-refractivity contribution in [3.05, 3.63) is 70.3 Å². The summed E-state index contributed by atoms with van der Waals surface area (Å²) in [4.78, 5) is 29.3. The first-order valence-electron chi connectivity index (χ1n) is 9.24. The van der Waals surface area contributed by atoms with Crippen molar-refractivity contribution in [1.29, 1.82) is 5.26 Å². The van der Waals surface area contributed by atoms with E-state index in [0.29, 0.717) is 28.1 Å². The van der Waals surface area contributed by atoms with Crippen molar-refractivity contribution in [3.63, 3.8) is 0 Å². The number of benzene rings is 1. The van der Waals surface area contributed by atoms with Crippen LogP contribution >= 0.6 is 0 Å². The number of carbonyl (C=O) groups excluding carboxylic acids is 1. The minimum absolute atomic E-state index is 0.136. The Morgan fingerprint density at radius 3 is 2.57 bits per heavy atom. The summed E-state index contributed by atoms with van der Waals surface area (Å²) in [6, 6.07) is 12.4. The molecule has 1 fully saturated rings. The molecule has 1 aromatic carbocycles. The molecule has 0 atom stereocenters. The van der Waals surface area contributed by atoms with Gasteiger partial charge in [-0.3, -0.25) is 14.7 Å². The molecule has 2 heterocycles. The fraction of sp³-hybridized carbons (Fsp3) is 0.238. The molecule has 0 spiro atoms. The molecule has 3 aromatic rings. The van der Waals surface area contributed by atoms with Crippen molar-refractivity contribution in [2.24, 2.45) is 0 Å². The quantitative estimate of drug-likeness (QED) is 0.734. The van der Waals surface area contributed by atoms with Crippen molar-refractivity contribution >= 4 is 5.91 Å². The largest absolute Gasteiger partial charge is 0.349 e. The van der Waals surface area contributed by atoms with Crippen LogP contribution in [0, 0.1) is 11.3 Å². The lowest BCUT2D eigenvalue weighted by molar-refractivity contribution is 0.0937. The van der Waals surface area contributed by atoms with E-state index in [1.165, 1.54) is 10.9 Å². The Morgan fingerprint density at radius 2 is 1.93 bits per heavy atom. The third-order valence-corrected chi connectivity index (χ3v) is 5.03. The fourth-order valence-electron chi connectivity index (χ4n) is 3.46. The summed E-state index contributed by atoms with van der Waals surface area (Å²) >= 11 is 0. The fourth-order valence-corrected chi connectivity index (χ4v) is 3.46. The van der Waals surface area contributed by atoms with Gasteiger partial charge in [0.25, 0.3) is 11.5 Å². The number of amides is 1. The van der Waals surface area contributed by atoms with Crippen LogP contribution in [0.15, 0.2) is 53.6 Å². The first kappa shape index (κ1) is 17.7. The van der Waals surface area contributed by atoms with Gasteiger partial charge in [-0.25, -0.2) is 9.67 Å². The lowest BCUT2D eigenvalue weighted by Gasteiger charge is -2.11. The molecule has 0 bridgehead atoms. The molecular formula is C21H19N5O2. The highest BCUT2D eigenvalue weighted by Gasteiger charge is 2.18. The second-order valence-corrected chi connectivity index (χ2v) is 6.88. The number of nitrogens with zero attached hydrogens (tertiary/aromatic N) is 3. The molecule has 0 aliphatic heterocycles. The van der Waals surface area contributed by atoms with Gasteiger partial charge < -0.3 is 5.32 Å². The SMILES string of the molecule is N#Cc1ccc(-c2c[nH]n(-c3ccc(C(=O)NC4CCCC4)cn3)c2=O)cc1. The number of nitrogens with one attached hydrogen (secondary N) is 2. The summed E-state index contributed by atoms with van der Waals surface area (Å²) in [6.45, 7) is 0. The maximum atomic E-state index is 12.7. The van der Waals surface area contributed by atoms with E-state index in [0.717, 1.165) is 25.7 Å². The summed E-state index contributed by atoms with van der Waals surface area (Å²) in [5.74, 6) is 0.269. The van der Waals surface area contributed by atoms with Gasteiger partial charge in [0, 0.05) is 18.4 Å². The molecule has 1 amide bonds. The van der Waals surface area contributed by atoms with E-state index in [4.69, 9.17) is 5.26 Å². The number of nitriles is 1.